The number of likely N-dealkylation sites (N-methyl/N-ethyl adjacent to an activating group) is 1. The predicted molar refractivity (Wildman–Crippen MR) is 95.5 cm³/mol. The zero-order chi connectivity index (χ0) is 18.1. The second kappa shape index (κ2) is 6.87. The summed E-state index contributed by atoms with van der Waals surface area (Å²) in [7, 11) is 1.68. The van der Waals surface area contributed by atoms with Crippen LogP contribution in [0.2, 0.25) is 0 Å². The van der Waals surface area contributed by atoms with Crippen molar-refractivity contribution in [3.63, 3.8) is 0 Å². The molecule has 0 saturated heterocycles. The number of benzene rings is 1. The molecule has 1 unspecified atom stereocenters. The minimum atomic E-state index is -0.518. The highest BCUT2D eigenvalue weighted by atomic mass is 32.2. The van der Waals surface area contributed by atoms with Gasteiger partial charge in [0, 0.05) is 18.5 Å². The molecule has 0 bridgehead atoms. The molecule has 8 heteroatoms. The molecule has 2 aromatic rings. The van der Waals surface area contributed by atoms with Crippen molar-refractivity contribution in [1.29, 1.82) is 0 Å². The first-order valence-electron chi connectivity index (χ1n) is 8.03. The second-order valence-electron chi connectivity index (χ2n) is 6.21. The van der Waals surface area contributed by atoms with E-state index in [-0.39, 0.29) is 23.4 Å². The number of carbonyl (C=O) groups is 2. The lowest BCUT2D eigenvalue weighted by Gasteiger charge is -2.30. The Bertz CT molecular complexity index is 818. The summed E-state index contributed by atoms with van der Waals surface area (Å²) in [6.45, 7) is 5.75. The van der Waals surface area contributed by atoms with Crippen LogP contribution in [-0.4, -0.2) is 45.8 Å². The molecule has 1 atom stereocenters. The van der Waals surface area contributed by atoms with Gasteiger partial charge in [0.25, 0.3) is 5.91 Å². The van der Waals surface area contributed by atoms with Crippen molar-refractivity contribution in [2.75, 3.05) is 17.7 Å². The summed E-state index contributed by atoms with van der Waals surface area (Å²) in [5, 5.41) is 7.53. The molecule has 0 radical (unpaired) electrons. The predicted octanol–water partition coefficient (Wildman–Crippen LogP) is 2.65. The van der Waals surface area contributed by atoms with Crippen LogP contribution >= 0.6 is 11.8 Å². The fourth-order valence-corrected chi connectivity index (χ4v) is 3.18. The molecule has 0 spiro atoms. The van der Waals surface area contributed by atoms with Crippen molar-refractivity contribution in [1.82, 2.24) is 15.2 Å². The minimum absolute atomic E-state index is 0.0526. The van der Waals surface area contributed by atoms with Gasteiger partial charge in [0.2, 0.25) is 5.16 Å². The average molecular weight is 360 g/mol. The van der Waals surface area contributed by atoms with E-state index in [9.17, 15) is 9.59 Å². The number of fused-ring (bicyclic) bond motifs is 1. The number of ketones is 1. The number of thioether (sulfide) groups is 1. The molecule has 7 nitrogen and oxygen atoms in total. The zero-order valence-corrected chi connectivity index (χ0v) is 15.4. The lowest BCUT2D eigenvalue weighted by atomic mass is 10.1. The van der Waals surface area contributed by atoms with Gasteiger partial charge in [-0.1, -0.05) is 25.6 Å². The van der Waals surface area contributed by atoms with E-state index in [1.807, 2.05) is 13.8 Å². The first-order valence-corrected chi connectivity index (χ1v) is 9.02. The number of aromatic nitrogens is 3. The van der Waals surface area contributed by atoms with Gasteiger partial charge in [-0.15, -0.1) is 5.10 Å². The van der Waals surface area contributed by atoms with E-state index >= 15 is 0 Å². The van der Waals surface area contributed by atoms with Crippen molar-refractivity contribution in [2.45, 2.75) is 37.9 Å². The van der Waals surface area contributed by atoms with Crippen molar-refractivity contribution in [3.05, 3.63) is 29.6 Å². The summed E-state index contributed by atoms with van der Waals surface area (Å²) >= 11 is 1.29. The molecule has 1 amide bonds. The van der Waals surface area contributed by atoms with E-state index in [4.69, 9.17) is 4.74 Å². The highest BCUT2D eigenvalue weighted by Gasteiger charge is 2.29. The summed E-state index contributed by atoms with van der Waals surface area (Å²) in [6, 6.07) is 5.14. The molecule has 1 aromatic heterocycles. The lowest BCUT2D eigenvalue weighted by Crippen LogP contribution is -2.42. The maximum Gasteiger partial charge on any atom is 0.267 e. The van der Waals surface area contributed by atoms with Crippen LogP contribution in [0.25, 0.3) is 0 Å². The molecular formula is C17H20N4O3S. The number of Topliss-reactive ketones (excluding diaryl/α,β-unsaturated/α-hetero) is 1. The molecule has 2 heterocycles. The molecule has 3 rings (SSSR count). The fourth-order valence-electron chi connectivity index (χ4n) is 2.48. The number of nitrogens with zero attached hydrogens (tertiary/aromatic N) is 3. The van der Waals surface area contributed by atoms with E-state index in [0.29, 0.717) is 22.2 Å². The molecule has 1 aliphatic heterocycles. The van der Waals surface area contributed by atoms with Crippen molar-refractivity contribution in [2.24, 2.45) is 0 Å². The second-order valence-corrected chi connectivity index (χ2v) is 7.15. The van der Waals surface area contributed by atoms with Gasteiger partial charge in [0.05, 0.1) is 11.4 Å². The monoisotopic (exact) mass is 360 g/mol. The Kier molecular flexibility index (Phi) is 4.80. The van der Waals surface area contributed by atoms with Crippen molar-refractivity contribution < 1.29 is 14.3 Å². The van der Waals surface area contributed by atoms with Crippen LogP contribution in [0.5, 0.6) is 5.75 Å². The molecule has 1 N–H and O–H groups in total. The molecule has 0 fully saturated rings. The van der Waals surface area contributed by atoms with E-state index in [2.05, 4.69) is 15.2 Å². The summed E-state index contributed by atoms with van der Waals surface area (Å²) in [5.41, 5.74) is 1.14. The van der Waals surface area contributed by atoms with Gasteiger partial charge in [0.15, 0.2) is 11.9 Å². The first-order chi connectivity index (χ1) is 11.9. The fraction of sp³-hybridized carbons (Fsp3) is 0.412. The Hall–Kier alpha value is -2.35. The lowest BCUT2D eigenvalue weighted by molar-refractivity contribution is -0.125. The molecule has 1 aromatic carbocycles. The third kappa shape index (κ3) is 3.53. The quantitative estimate of drug-likeness (QED) is 0.651. The van der Waals surface area contributed by atoms with Gasteiger partial charge in [-0.3, -0.25) is 14.7 Å². The number of ether oxygens (including phenoxy) is 1. The Balaban J connectivity index is 1.71. The van der Waals surface area contributed by atoms with Gasteiger partial charge < -0.3 is 9.64 Å². The van der Waals surface area contributed by atoms with Crippen LogP contribution in [0.4, 0.5) is 5.69 Å². The molecule has 0 aliphatic carbocycles. The Labute approximate surface area is 150 Å². The van der Waals surface area contributed by atoms with Gasteiger partial charge in [-0.25, -0.2) is 4.98 Å². The molecular weight excluding hydrogens is 340 g/mol. The average Bonchev–Trinajstić information content (AvgIpc) is 3.07. The van der Waals surface area contributed by atoms with Crippen molar-refractivity contribution >= 4 is 29.1 Å². The Morgan fingerprint density at radius 2 is 2.20 bits per heavy atom. The largest absolute Gasteiger partial charge is 0.479 e. The van der Waals surface area contributed by atoms with Crippen LogP contribution in [-0.2, 0) is 4.79 Å². The normalized spacial score (nSPS) is 16.8. The number of amides is 1. The minimum Gasteiger partial charge on any atom is -0.479 e. The van der Waals surface area contributed by atoms with Gasteiger partial charge >= 0.3 is 0 Å². The Morgan fingerprint density at radius 1 is 1.44 bits per heavy atom. The van der Waals surface area contributed by atoms with Crippen LogP contribution in [0, 0.1) is 0 Å². The summed E-state index contributed by atoms with van der Waals surface area (Å²) in [4.78, 5) is 30.4. The van der Waals surface area contributed by atoms with Crippen LogP contribution in [0.1, 0.15) is 42.9 Å². The number of H-pyrrole nitrogens is 1. The van der Waals surface area contributed by atoms with Crippen LogP contribution in [0.3, 0.4) is 0 Å². The molecule has 0 saturated carbocycles. The molecule has 1 aliphatic rings. The summed E-state index contributed by atoms with van der Waals surface area (Å²) in [5.74, 6) is 1.71. The van der Waals surface area contributed by atoms with Gasteiger partial charge in [0.1, 0.15) is 11.6 Å². The number of hydrogen-bond acceptors (Lipinski definition) is 6. The van der Waals surface area contributed by atoms with E-state index < -0.39 is 6.10 Å². The first kappa shape index (κ1) is 17.5. The SMILES string of the molecule is CC1Oc2ccc(C(=O)CSc3n[nH]c(C(C)C)n3)cc2N(C)C1=O. The maximum atomic E-state index is 12.5. The summed E-state index contributed by atoms with van der Waals surface area (Å²) in [6.07, 6.45) is -0.518. The number of anilines is 1. The third-order valence-corrected chi connectivity index (χ3v) is 4.83. The standard InChI is InChI=1S/C17H20N4O3S/c1-9(2)15-18-17(20-19-15)25-8-13(22)11-5-6-14-12(7-11)21(4)16(23)10(3)24-14/h5-7,9-10H,8H2,1-4H3,(H,18,19,20). The number of carbonyl (C=O) groups excluding carboxylic acids is 2. The topological polar surface area (TPSA) is 88.2 Å². The van der Waals surface area contributed by atoms with Crippen molar-refractivity contribution in [3.8, 4) is 5.75 Å². The zero-order valence-electron chi connectivity index (χ0n) is 14.6. The number of rotatable bonds is 5. The third-order valence-electron chi connectivity index (χ3n) is 3.99. The number of aromatic amines is 1. The van der Waals surface area contributed by atoms with Crippen LogP contribution < -0.4 is 9.64 Å². The maximum absolute atomic E-state index is 12.5. The smallest absolute Gasteiger partial charge is 0.267 e. The van der Waals surface area contributed by atoms with E-state index in [0.717, 1.165) is 5.82 Å². The number of hydrogen-bond donors (Lipinski definition) is 1. The Morgan fingerprint density at radius 3 is 2.88 bits per heavy atom. The molecule has 132 valence electrons. The van der Waals surface area contributed by atoms with Gasteiger partial charge in [-0.2, -0.15) is 0 Å². The van der Waals surface area contributed by atoms with Gasteiger partial charge in [-0.05, 0) is 25.1 Å². The number of nitrogens with one attached hydrogen (secondary N) is 1. The van der Waals surface area contributed by atoms with E-state index in [1.165, 1.54) is 16.7 Å². The highest BCUT2D eigenvalue weighted by molar-refractivity contribution is 7.99. The van der Waals surface area contributed by atoms with E-state index in [1.54, 1.807) is 32.2 Å². The van der Waals surface area contributed by atoms with Crippen LogP contribution in [0.15, 0.2) is 23.4 Å². The molecule has 25 heavy (non-hydrogen) atoms. The summed E-state index contributed by atoms with van der Waals surface area (Å²) < 4.78 is 5.57. The highest BCUT2D eigenvalue weighted by Crippen LogP contribution is 2.34.